The molecular weight excluding hydrogens is 228 g/mol. The van der Waals surface area contributed by atoms with Crippen LogP contribution >= 0.6 is 0 Å². The molecule has 0 fully saturated rings. The van der Waals surface area contributed by atoms with Crippen molar-refractivity contribution in [3.05, 3.63) is 23.1 Å². The molecule has 2 rings (SSSR count). The van der Waals surface area contributed by atoms with Crippen LogP contribution < -0.4 is 11.5 Å². The number of aromatic nitrogens is 4. The van der Waals surface area contributed by atoms with Crippen molar-refractivity contribution in [2.45, 2.75) is 33.6 Å². The van der Waals surface area contributed by atoms with E-state index < -0.39 is 0 Å². The van der Waals surface area contributed by atoms with Crippen LogP contribution in [0.1, 0.15) is 30.3 Å². The van der Waals surface area contributed by atoms with Crippen LogP contribution in [0.4, 0.5) is 11.8 Å². The lowest BCUT2D eigenvalue weighted by Gasteiger charge is -2.11. The molecule has 0 aromatic carbocycles. The van der Waals surface area contributed by atoms with Crippen LogP contribution in [0, 0.1) is 13.8 Å². The zero-order chi connectivity index (χ0) is 13.3. The van der Waals surface area contributed by atoms with E-state index in [1.54, 1.807) is 4.68 Å². The summed E-state index contributed by atoms with van der Waals surface area (Å²) in [6.45, 7) is 6.05. The van der Waals surface area contributed by atoms with Gasteiger partial charge in [0.15, 0.2) is 5.82 Å². The molecule has 0 bridgehead atoms. The quantitative estimate of drug-likeness (QED) is 0.853. The van der Waals surface area contributed by atoms with Gasteiger partial charge in [-0.2, -0.15) is 10.1 Å². The molecule has 2 aromatic rings. The molecule has 0 amide bonds. The summed E-state index contributed by atoms with van der Waals surface area (Å²) in [4.78, 5) is 8.28. The summed E-state index contributed by atoms with van der Waals surface area (Å²) in [5.41, 5.74) is 15.2. The summed E-state index contributed by atoms with van der Waals surface area (Å²) in [6, 6.07) is 0. The minimum atomic E-state index is 0.209. The molecule has 0 aliphatic carbocycles. The van der Waals surface area contributed by atoms with Gasteiger partial charge < -0.3 is 11.5 Å². The summed E-state index contributed by atoms with van der Waals surface area (Å²) in [6.07, 6.45) is 3.69. The van der Waals surface area contributed by atoms with Crippen molar-refractivity contribution in [2.75, 3.05) is 11.5 Å². The summed E-state index contributed by atoms with van der Waals surface area (Å²) in [5.74, 6) is 0.578. The van der Waals surface area contributed by atoms with Gasteiger partial charge in [0.05, 0.1) is 11.4 Å². The fraction of sp³-hybridized carbons (Fsp3) is 0.417. The standard InChI is InChI=1S/C12H18N6/c1-4-5-9-10(11(13)16-12(14)15-9)18-6-7(2)8(3)17-18/h6H,4-5H2,1-3H3,(H4,13,14,15,16). The van der Waals surface area contributed by atoms with Gasteiger partial charge >= 0.3 is 0 Å². The Bertz CT molecular complexity index is 553. The Morgan fingerprint density at radius 2 is 1.94 bits per heavy atom. The number of rotatable bonds is 3. The van der Waals surface area contributed by atoms with Gasteiger partial charge in [0.1, 0.15) is 5.69 Å². The molecule has 0 radical (unpaired) electrons. The lowest BCUT2D eigenvalue weighted by Crippen LogP contribution is -2.11. The summed E-state index contributed by atoms with van der Waals surface area (Å²) in [7, 11) is 0. The van der Waals surface area contributed by atoms with Crippen LogP contribution in [-0.4, -0.2) is 19.7 Å². The predicted molar refractivity (Wildman–Crippen MR) is 71.4 cm³/mol. The number of nitrogens with zero attached hydrogens (tertiary/aromatic N) is 4. The van der Waals surface area contributed by atoms with Gasteiger partial charge in [0.25, 0.3) is 0 Å². The van der Waals surface area contributed by atoms with Crippen molar-refractivity contribution in [1.82, 2.24) is 19.7 Å². The maximum absolute atomic E-state index is 5.95. The Morgan fingerprint density at radius 1 is 1.22 bits per heavy atom. The van der Waals surface area contributed by atoms with Crippen molar-refractivity contribution >= 4 is 11.8 Å². The topological polar surface area (TPSA) is 95.6 Å². The van der Waals surface area contributed by atoms with E-state index in [4.69, 9.17) is 11.5 Å². The van der Waals surface area contributed by atoms with Crippen LogP contribution in [0.5, 0.6) is 0 Å². The zero-order valence-corrected chi connectivity index (χ0v) is 10.9. The smallest absolute Gasteiger partial charge is 0.222 e. The summed E-state index contributed by atoms with van der Waals surface area (Å²) >= 11 is 0. The summed E-state index contributed by atoms with van der Waals surface area (Å²) < 4.78 is 1.74. The lowest BCUT2D eigenvalue weighted by molar-refractivity contribution is 0.802. The van der Waals surface area contributed by atoms with Crippen LogP contribution in [0.15, 0.2) is 6.20 Å². The van der Waals surface area contributed by atoms with E-state index in [-0.39, 0.29) is 5.95 Å². The normalized spacial score (nSPS) is 10.8. The van der Waals surface area contributed by atoms with Crippen molar-refractivity contribution in [3.63, 3.8) is 0 Å². The predicted octanol–water partition coefficient (Wildman–Crippen LogP) is 1.40. The minimum Gasteiger partial charge on any atom is -0.382 e. The third-order valence-corrected chi connectivity index (χ3v) is 2.86. The molecule has 4 N–H and O–H groups in total. The van der Waals surface area contributed by atoms with Gasteiger partial charge in [-0.05, 0) is 25.8 Å². The first-order chi connectivity index (χ1) is 8.52. The van der Waals surface area contributed by atoms with Crippen molar-refractivity contribution < 1.29 is 0 Å². The highest BCUT2D eigenvalue weighted by atomic mass is 15.3. The number of anilines is 2. The Balaban J connectivity index is 2.61. The largest absolute Gasteiger partial charge is 0.382 e. The molecule has 0 atom stereocenters. The molecule has 0 aliphatic heterocycles. The second-order valence-corrected chi connectivity index (χ2v) is 4.35. The SMILES string of the molecule is CCCc1nc(N)nc(N)c1-n1cc(C)c(C)n1. The molecule has 2 aromatic heterocycles. The highest BCUT2D eigenvalue weighted by molar-refractivity contribution is 5.57. The molecular formula is C12H18N6. The van der Waals surface area contributed by atoms with Gasteiger partial charge in [-0.3, -0.25) is 0 Å². The first-order valence-electron chi connectivity index (χ1n) is 5.98. The molecule has 2 heterocycles. The number of aryl methyl sites for hydroxylation is 3. The Hall–Kier alpha value is -2.11. The van der Waals surface area contributed by atoms with Crippen LogP contribution in [0.25, 0.3) is 5.69 Å². The maximum atomic E-state index is 5.95. The number of hydrogen-bond acceptors (Lipinski definition) is 5. The van der Waals surface area contributed by atoms with Gasteiger partial charge in [-0.15, -0.1) is 0 Å². The van der Waals surface area contributed by atoms with Crippen molar-refractivity contribution in [1.29, 1.82) is 0 Å². The lowest BCUT2D eigenvalue weighted by atomic mass is 10.2. The van der Waals surface area contributed by atoms with E-state index in [9.17, 15) is 0 Å². The fourth-order valence-electron chi connectivity index (χ4n) is 1.86. The van der Waals surface area contributed by atoms with Crippen LogP contribution in [0.3, 0.4) is 0 Å². The fourth-order valence-corrected chi connectivity index (χ4v) is 1.86. The molecule has 0 unspecified atom stereocenters. The molecule has 0 aliphatic rings. The molecule has 96 valence electrons. The number of nitrogens with two attached hydrogens (primary N) is 2. The van der Waals surface area contributed by atoms with Gasteiger partial charge in [0, 0.05) is 6.20 Å². The van der Waals surface area contributed by atoms with E-state index in [0.717, 1.165) is 35.5 Å². The van der Waals surface area contributed by atoms with E-state index in [2.05, 4.69) is 22.0 Å². The average Bonchev–Trinajstić information content (AvgIpc) is 2.58. The van der Waals surface area contributed by atoms with Crippen LogP contribution in [0.2, 0.25) is 0 Å². The van der Waals surface area contributed by atoms with Crippen molar-refractivity contribution in [2.24, 2.45) is 0 Å². The highest BCUT2D eigenvalue weighted by Gasteiger charge is 2.14. The first-order valence-corrected chi connectivity index (χ1v) is 5.98. The van der Waals surface area contributed by atoms with Gasteiger partial charge in [-0.25, -0.2) is 9.67 Å². The van der Waals surface area contributed by atoms with Gasteiger partial charge in [0.2, 0.25) is 5.95 Å². The number of nitrogen functional groups attached to an aromatic ring is 2. The Morgan fingerprint density at radius 3 is 2.50 bits per heavy atom. The van der Waals surface area contributed by atoms with E-state index >= 15 is 0 Å². The highest BCUT2D eigenvalue weighted by Crippen LogP contribution is 2.22. The Kier molecular flexibility index (Phi) is 3.18. The monoisotopic (exact) mass is 246 g/mol. The molecule has 18 heavy (non-hydrogen) atoms. The molecule has 6 heteroatoms. The van der Waals surface area contributed by atoms with E-state index in [1.807, 2.05) is 20.0 Å². The average molecular weight is 246 g/mol. The van der Waals surface area contributed by atoms with Crippen molar-refractivity contribution in [3.8, 4) is 5.69 Å². The Labute approximate surface area is 106 Å². The van der Waals surface area contributed by atoms with E-state index in [1.165, 1.54) is 0 Å². The second kappa shape index (κ2) is 4.64. The third-order valence-electron chi connectivity index (χ3n) is 2.86. The number of hydrogen-bond donors (Lipinski definition) is 2. The van der Waals surface area contributed by atoms with E-state index in [0.29, 0.717) is 5.82 Å². The molecule has 6 nitrogen and oxygen atoms in total. The van der Waals surface area contributed by atoms with Crippen LogP contribution in [-0.2, 0) is 6.42 Å². The third kappa shape index (κ3) is 2.13. The summed E-state index contributed by atoms with van der Waals surface area (Å²) in [5, 5.41) is 4.43. The second-order valence-electron chi connectivity index (χ2n) is 4.35. The molecule has 0 spiro atoms. The zero-order valence-electron chi connectivity index (χ0n) is 10.9. The maximum Gasteiger partial charge on any atom is 0.222 e. The first kappa shape index (κ1) is 12.3. The van der Waals surface area contributed by atoms with Gasteiger partial charge in [-0.1, -0.05) is 13.3 Å². The molecule has 0 saturated carbocycles. The minimum absolute atomic E-state index is 0.209. The molecule has 0 saturated heterocycles.